The number of rotatable bonds is 5. The van der Waals surface area contributed by atoms with E-state index < -0.39 is 0 Å². The third kappa shape index (κ3) is 4.05. The van der Waals surface area contributed by atoms with Crippen molar-refractivity contribution in [2.24, 2.45) is 0 Å². The molecule has 0 spiro atoms. The molecule has 116 valence electrons. The predicted molar refractivity (Wildman–Crippen MR) is 95.7 cm³/mol. The fourth-order valence-electron chi connectivity index (χ4n) is 2.73. The second-order valence-electron chi connectivity index (χ2n) is 5.79. The summed E-state index contributed by atoms with van der Waals surface area (Å²) in [7, 11) is 2.11. The molecule has 0 aromatic heterocycles. The third-order valence-electron chi connectivity index (χ3n) is 3.92. The molecule has 3 rings (SSSR count). The average Bonchev–Trinajstić information content (AvgIpc) is 2.57. The van der Waals surface area contributed by atoms with Crippen LogP contribution in [-0.4, -0.2) is 18.5 Å². The molecule has 0 aliphatic heterocycles. The van der Waals surface area contributed by atoms with Gasteiger partial charge in [-0.05, 0) is 41.1 Å². The van der Waals surface area contributed by atoms with Crippen LogP contribution in [0.2, 0.25) is 0 Å². The maximum atomic E-state index is 12.9. The first kappa shape index (κ1) is 15.4. The van der Waals surface area contributed by atoms with Crippen molar-refractivity contribution in [2.45, 2.75) is 6.54 Å². The topological polar surface area (TPSA) is 3.24 Å². The molecule has 0 fully saturated rings. The van der Waals surface area contributed by atoms with Crippen molar-refractivity contribution in [1.82, 2.24) is 4.90 Å². The summed E-state index contributed by atoms with van der Waals surface area (Å²) in [5, 5.41) is 2.59. The van der Waals surface area contributed by atoms with E-state index in [0.29, 0.717) is 0 Å². The van der Waals surface area contributed by atoms with Crippen molar-refractivity contribution in [2.75, 3.05) is 13.6 Å². The molecule has 2 heteroatoms. The Hall–Kier alpha value is -2.45. The van der Waals surface area contributed by atoms with E-state index in [1.807, 2.05) is 6.08 Å². The van der Waals surface area contributed by atoms with Crippen LogP contribution in [0.15, 0.2) is 72.8 Å². The van der Waals surface area contributed by atoms with Crippen LogP contribution in [0.1, 0.15) is 11.1 Å². The molecule has 1 nitrogen and oxygen atoms in total. The van der Waals surface area contributed by atoms with Gasteiger partial charge in [0.25, 0.3) is 0 Å². The van der Waals surface area contributed by atoms with Gasteiger partial charge in [0, 0.05) is 13.1 Å². The first-order valence-corrected chi connectivity index (χ1v) is 7.80. The molecule has 3 aromatic carbocycles. The van der Waals surface area contributed by atoms with Crippen LogP contribution in [0.4, 0.5) is 4.39 Å². The Morgan fingerprint density at radius 3 is 2.48 bits per heavy atom. The fourth-order valence-corrected chi connectivity index (χ4v) is 2.73. The second kappa shape index (κ2) is 7.21. The minimum atomic E-state index is -0.199. The highest BCUT2D eigenvalue weighted by Gasteiger charge is 2.03. The van der Waals surface area contributed by atoms with Gasteiger partial charge in [-0.15, -0.1) is 0 Å². The Morgan fingerprint density at radius 1 is 0.913 bits per heavy atom. The van der Waals surface area contributed by atoms with Crippen molar-refractivity contribution >= 4 is 16.8 Å². The summed E-state index contributed by atoms with van der Waals surface area (Å²) >= 11 is 0. The predicted octanol–water partition coefficient (Wildman–Crippen LogP) is 5.12. The number of nitrogens with zero attached hydrogens (tertiary/aromatic N) is 1. The number of hydrogen-bond donors (Lipinski definition) is 0. The zero-order valence-corrected chi connectivity index (χ0v) is 13.2. The summed E-state index contributed by atoms with van der Waals surface area (Å²) in [6.45, 7) is 1.75. The number of likely N-dealkylation sites (N-methyl/N-ethyl adjacent to an activating group) is 1. The van der Waals surface area contributed by atoms with Crippen molar-refractivity contribution in [3.63, 3.8) is 0 Å². The van der Waals surface area contributed by atoms with Crippen LogP contribution in [-0.2, 0) is 6.54 Å². The lowest BCUT2D eigenvalue weighted by atomic mass is 10.0. The Kier molecular flexibility index (Phi) is 4.84. The molecule has 0 atom stereocenters. The highest BCUT2D eigenvalue weighted by atomic mass is 19.1. The van der Waals surface area contributed by atoms with Crippen LogP contribution in [0, 0.1) is 5.82 Å². The van der Waals surface area contributed by atoms with E-state index in [9.17, 15) is 4.39 Å². The molecule has 0 heterocycles. The van der Waals surface area contributed by atoms with Gasteiger partial charge in [0.05, 0.1) is 0 Å². The van der Waals surface area contributed by atoms with Gasteiger partial charge in [0.1, 0.15) is 5.82 Å². The highest BCUT2D eigenvalue weighted by molar-refractivity contribution is 5.85. The van der Waals surface area contributed by atoms with Gasteiger partial charge in [0.2, 0.25) is 0 Å². The van der Waals surface area contributed by atoms with Crippen LogP contribution in [0.5, 0.6) is 0 Å². The van der Waals surface area contributed by atoms with Crippen LogP contribution >= 0.6 is 0 Å². The molecule has 0 radical (unpaired) electrons. The minimum absolute atomic E-state index is 0.199. The molecular weight excluding hydrogens is 285 g/mol. The van der Waals surface area contributed by atoms with E-state index in [-0.39, 0.29) is 5.82 Å². The van der Waals surface area contributed by atoms with Gasteiger partial charge in [-0.2, -0.15) is 0 Å². The molecule has 3 aromatic rings. The summed E-state index contributed by atoms with van der Waals surface area (Å²) in [6, 6.07) is 21.5. The quantitative estimate of drug-likeness (QED) is 0.632. The molecule has 23 heavy (non-hydrogen) atoms. The Labute approximate surface area is 136 Å². The molecule has 0 aliphatic rings. The van der Waals surface area contributed by atoms with Crippen LogP contribution in [0.3, 0.4) is 0 Å². The largest absolute Gasteiger partial charge is 0.298 e. The van der Waals surface area contributed by atoms with Gasteiger partial charge >= 0.3 is 0 Å². The maximum Gasteiger partial charge on any atom is 0.123 e. The van der Waals surface area contributed by atoms with E-state index in [0.717, 1.165) is 18.7 Å². The molecular formula is C21H20FN. The molecule has 0 N–H and O–H groups in total. The molecule has 0 saturated heterocycles. The Bertz CT molecular complexity index is 800. The minimum Gasteiger partial charge on any atom is -0.298 e. The summed E-state index contributed by atoms with van der Waals surface area (Å²) in [5.41, 5.74) is 2.35. The smallest absolute Gasteiger partial charge is 0.123 e. The number of benzene rings is 3. The van der Waals surface area contributed by atoms with Crippen LogP contribution < -0.4 is 0 Å². The van der Waals surface area contributed by atoms with E-state index in [1.54, 1.807) is 12.1 Å². The van der Waals surface area contributed by atoms with Crippen molar-refractivity contribution in [3.8, 4) is 0 Å². The Morgan fingerprint density at radius 2 is 1.65 bits per heavy atom. The zero-order valence-electron chi connectivity index (χ0n) is 13.2. The first-order valence-electron chi connectivity index (χ1n) is 7.80. The van der Waals surface area contributed by atoms with Crippen molar-refractivity contribution in [1.29, 1.82) is 0 Å². The molecule has 0 saturated carbocycles. The molecule has 0 unspecified atom stereocenters. The lowest BCUT2D eigenvalue weighted by molar-refractivity contribution is 0.365. The second-order valence-corrected chi connectivity index (χ2v) is 5.79. The monoisotopic (exact) mass is 305 g/mol. The summed E-state index contributed by atoms with van der Waals surface area (Å²) in [4.78, 5) is 2.27. The highest BCUT2D eigenvalue weighted by Crippen LogP contribution is 2.19. The summed E-state index contributed by atoms with van der Waals surface area (Å²) < 4.78 is 12.9. The van der Waals surface area contributed by atoms with Crippen molar-refractivity contribution in [3.05, 3.63) is 89.8 Å². The van der Waals surface area contributed by atoms with E-state index in [4.69, 9.17) is 0 Å². The van der Waals surface area contributed by atoms with Gasteiger partial charge in [0.15, 0.2) is 0 Å². The Balaban J connectivity index is 1.64. The number of hydrogen-bond acceptors (Lipinski definition) is 1. The van der Waals surface area contributed by atoms with E-state index in [2.05, 4.69) is 60.5 Å². The van der Waals surface area contributed by atoms with E-state index >= 15 is 0 Å². The summed E-state index contributed by atoms with van der Waals surface area (Å²) in [5.74, 6) is -0.199. The SMILES string of the molecule is CN(CC=Cc1ccc(F)cc1)Cc1cccc2ccccc12. The normalized spacial score (nSPS) is 11.6. The van der Waals surface area contributed by atoms with Crippen LogP contribution in [0.25, 0.3) is 16.8 Å². The van der Waals surface area contributed by atoms with Gasteiger partial charge < -0.3 is 0 Å². The average molecular weight is 305 g/mol. The molecule has 0 aliphatic carbocycles. The van der Waals surface area contributed by atoms with Gasteiger partial charge in [-0.1, -0.05) is 66.7 Å². The van der Waals surface area contributed by atoms with Crippen molar-refractivity contribution < 1.29 is 4.39 Å². The standard InChI is InChI=1S/C21H20FN/c1-23(15-5-6-17-11-13-20(22)14-12-17)16-19-9-4-8-18-7-2-3-10-21(18)19/h2-14H,15-16H2,1H3. The molecule has 0 amide bonds. The summed E-state index contributed by atoms with van der Waals surface area (Å²) in [6.07, 6.45) is 4.14. The van der Waals surface area contributed by atoms with Gasteiger partial charge in [-0.3, -0.25) is 4.90 Å². The third-order valence-corrected chi connectivity index (χ3v) is 3.92. The first-order chi connectivity index (χ1) is 11.2. The molecule has 0 bridgehead atoms. The van der Waals surface area contributed by atoms with Gasteiger partial charge in [-0.25, -0.2) is 4.39 Å². The maximum absolute atomic E-state index is 12.9. The lowest BCUT2D eigenvalue weighted by Gasteiger charge is -2.16. The zero-order chi connectivity index (χ0) is 16.1. The van der Waals surface area contributed by atoms with E-state index in [1.165, 1.54) is 28.5 Å². The fraction of sp³-hybridized carbons (Fsp3) is 0.143. The number of fused-ring (bicyclic) bond motifs is 1. The lowest BCUT2D eigenvalue weighted by Crippen LogP contribution is -2.17. The number of halogens is 1.